The molecule has 0 heterocycles. The number of likely N-dealkylation sites (N-methyl/N-ethyl adjacent to an activating group) is 1. The van der Waals surface area contributed by atoms with Gasteiger partial charge in [-0.25, -0.2) is 0 Å². The minimum absolute atomic E-state index is 0.441. The van der Waals surface area contributed by atoms with Crippen molar-refractivity contribution < 1.29 is 4.79 Å². The van der Waals surface area contributed by atoms with Gasteiger partial charge in [0.05, 0.1) is 6.54 Å². The average Bonchev–Trinajstić information content (AvgIpc) is 2.84. The van der Waals surface area contributed by atoms with Crippen LogP contribution in [0.2, 0.25) is 0 Å². The monoisotopic (exact) mass is 153 g/mol. The molecule has 2 nitrogen and oxygen atoms in total. The molecule has 0 aromatic heterocycles. The number of rotatable bonds is 4. The summed E-state index contributed by atoms with van der Waals surface area (Å²) in [4.78, 5) is 13.5. The first-order valence-corrected chi connectivity index (χ1v) is 4.50. The number of ketones is 1. The maximum absolute atomic E-state index is 11.3. The van der Waals surface area contributed by atoms with Crippen molar-refractivity contribution in [2.45, 2.75) is 31.7 Å². The molecular weight excluding hydrogens is 138 g/mol. The number of carbonyl (C=O) groups is 1. The topological polar surface area (TPSA) is 20.3 Å². The highest BCUT2D eigenvalue weighted by Crippen LogP contribution is 2.31. The van der Waals surface area contributed by atoms with Crippen molar-refractivity contribution in [3.63, 3.8) is 0 Å². The van der Waals surface area contributed by atoms with E-state index in [-0.39, 0.29) is 0 Å². The van der Waals surface area contributed by atoms with E-state index in [2.05, 4.69) is 11.9 Å². The molecule has 2 saturated carbocycles. The first kappa shape index (κ1) is 7.29. The Hall–Kier alpha value is -0.370. The number of hydrogen-bond acceptors (Lipinski definition) is 2. The summed E-state index contributed by atoms with van der Waals surface area (Å²) in [6.07, 6.45) is 4.90. The molecule has 0 unspecified atom stereocenters. The van der Waals surface area contributed by atoms with Gasteiger partial charge in [-0.1, -0.05) is 0 Å². The first-order valence-electron chi connectivity index (χ1n) is 4.50. The summed E-state index contributed by atoms with van der Waals surface area (Å²) in [6, 6.07) is 0.734. The Kier molecular flexibility index (Phi) is 1.72. The first-order chi connectivity index (χ1) is 5.27. The molecule has 0 amide bonds. The van der Waals surface area contributed by atoms with E-state index in [0.717, 1.165) is 18.9 Å². The SMILES string of the molecule is CN(CC(=O)C1CC1)C1CC1. The third kappa shape index (κ3) is 1.80. The van der Waals surface area contributed by atoms with Crippen LogP contribution in [0.5, 0.6) is 0 Å². The van der Waals surface area contributed by atoms with Crippen LogP contribution in [-0.4, -0.2) is 30.3 Å². The molecule has 2 fully saturated rings. The quantitative estimate of drug-likeness (QED) is 0.602. The summed E-state index contributed by atoms with van der Waals surface area (Å²) in [5.74, 6) is 0.913. The summed E-state index contributed by atoms with van der Waals surface area (Å²) in [6.45, 7) is 0.704. The Balaban J connectivity index is 1.74. The van der Waals surface area contributed by atoms with Crippen LogP contribution in [0.25, 0.3) is 0 Å². The predicted octanol–water partition coefficient (Wildman–Crippen LogP) is 1.06. The van der Waals surface area contributed by atoms with Crippen molar-refractivity contribution in [1.29, 1.82) is 0 Å². The van der Waals surface area contributed by atoms with E-state index in [1.165, 1.54) is 12.8 Å². The lowest BCUT2D eigenvalue weighted by Gasteiger charge is -2.13. The van der Waals surface area contributed by atoms with Crippen molar-refractivity contribution in [1.82, 2.24) is 4.90 Å². The van der Waals surface area contributed by atoms with Crippen LogP contribution in [0, 0.1) is 5.92 Å². The lowest BCUT2D eigenvalue weighted by atomic mass is 10.2. The average molecular weight is 153 g/mol. The third-order valence-corrected chi connectivity index (χ3v) is 2.61. The van der Waals surface area contributed by atoms with E-state index in [0.29, 0.717) is 18.2 Å². The normalized spacial score (nSPS) is 24.2. The molecule has 62 valence electrons. The highest BCUT2D eigenvalue weighted by atomic mass is 16.1. The number of carbonyl (C=O) groups excluding carboxylic acids is 1. The van der Waals surface area contributed by atoms with Crippen LogP contribution in [0.4, 0.5) is 0 Å². The number of nitrogens with zero attached hydrogens (tertiary/aromatic N) is 1. The molecule has 11 heavy (non-hydrogen) atoms. The van der Waals surface area contributed by atoms with E-state index in [4.69, 9.17) is 0 Å². The Morgan fingerprint density at radius 3 is 2.45 bits per heavy atom. The van der Waals surface area contributed by atoms with E-state index in [1.807, 2.05) is 0 Å². The van der Waals surface area contributed by atoms with E-state index in [9.17, 15) is 4.79 Å². The van der Waals surface area contributed by atoms with Crippen LogP contribution in [0.3, 0.4) is 0 Å². The minimum Gasteiger partial charge on any atom is -0.298 e. The smallest absolute Gasteiger partial charge is 0.149 e. The van der Waals surface area contributed by atoms with Crippen molar-refractivity contribution in [2.24, 2.45) is 5.92 Å². The van der Waals surface area contributed by atoms with Crippen molar-refractivity contribution >= 4 is 5.78 Å². The second-order valence-electron chi connectivity index (χ2n) is 3.89. The maximum atomic E-state index is 11.3. The molecule has 0 saturated heterocycles. The van der Waals surface area contributed by atoms with Gasteiger partial charge in [0.1, 0.15) is 5.78 Å². The second-order valence-corrected chi connectivity index (χ2v) is 3.89. The zero-order valence-electron chi connectivity index (χ0n) is 7.05. The van der Waals surface area contributed by atoms with Gasteiger partial charge < -0.3 is 0 Å². The molecule has 2 aliphatic carbocycles. The summed E-state index contributed by atoms with van der Waals surface area (Å²) in [5.41, 5.74) is 0. The van der Waals surface area contributed by atoms with Crippen LogP contribution in [-0.2, 0) is 4.79 Å². The van der Waals surface area contributed by atoms with Gasteiger partial charge in [0.2, 0.25) is 0 Å². The summed E-state index contributed by atoms with van der Waals surface area (Å²) >= 11 is 0. The molecule has 2 rings (SSSR count). The Morgan fingerprint density at radius 2 is 2.00 bits per heavy atom. The summed E-state index contributed by atoms with van der Waals surface area (Å²) < 4.78 is 0. The van der Waals surface area contributed by atoms with Gasteiger partial charge in [-0.3, -0.25) is 9.69 Å². The van der Waals surface area contributed by atoms with Crippen molar-refractivity contribution in [3.8, 4) is 0 Å². The molecule has 0 aliphatic heterocycles. The Bertz CT molecular complexity index is 170. The second kappa shape index (κ2) is 2.59. The molecule has 0 aromatic rings. The highest BCUT2D eigenvalue weighted by molar-refractivity contribution is 5.85. The fourth-order valence-corrected chi connectivity index (χ4v) is 1.42. The van der Waals surface area contributed by atoms with E-state index < -0.39 is 0 Å². The molecule has 0 atom stereocenters. The lowest BCUT2D eigenvalue weighted by Crippen LogP contribution is -2.28. The molecule has 0 spiro atoms. The Labute approximate surface area is 67.6 Å². The van der Waals surface area contributed by atoms with Gasteiger partial charge in [0.15, 0.2) is 0 Å². The molecule has 2 aliphatic rings. The van der Waals surface area contributed by atoms with Gasteiger partial charge in [-0.15, -0.1) is 0 Å². The summed E-state index contributed by atoms with van der Waals surface area (Å²) in [5, 5.41) is 0. The lowest BCUT2D eigenvalue weighted by molar-refractivity contribution is -0.121. The van der Waals surface area contributed by atoms with Gasteiger partial charge in [0, 0.05) is 12.0 Å². The van der Waals surface area contributed by atoms with Crippen LogP contribution in [0.1, 0.15) is 25.7 Å². The predicted molar refractivity (Wildman–Crippen MR) is 43.4 cm³/mol. The maximum Gasteiger partial charge on any atom is 0.149 e. The third-order valence-electron chi connectivity index (χ3n) is 2.61. The molecule has 2 heteroatoms. The van der Waals surface area contributed by atoms with Crippen molar-refractivity contribution in [3.05, 3.63) is 0 Å². The molecule has 0 N–H and O–H groups in total. The fourth-order valence-electron chi connectivity index (χ4n) is 1.42. The van der Waals surface area contributed by atoms with Crippen LogP contribution < -0.4 is 0 Å². The number of Topliss-reactive ketones (excluding diaryl/α,β-unsaturated/α-hetero) is 1. The van der Waals surface area contributed by atoms with Crippen molar-refractivity contribution in [2.75, 3.05) is 13.6 Å². The molecule has 0 bridgehead atoms. The van der Waals surface area contributed by atoms with E-state index in [1.54, 1.807) is 0 Å². The Morgan fingerprint density at radius 1 is 1.36 bits per heavy atom. The van der Waals surface area contributed by atoms with Gasteiger partial charge in [-0.2, -0.15) is 0 Å². The van der Waals surface area contributed by atoms with E-state index >= 15 is 0 Å². The molecule has 0 radical (unpaired) electrons. The van der Waals surface area contributed by atoms with Gasteiger partial charge in [-0.05, 0) is 32.7 Å². The largest absolute Gasteiger partial charge is 0.298 e. The highest BCUT2D eigenvalue weighted by Gasteiger charge is 2.33. The van der Waals surface area contributed by atoms with Crippen LogP contribution in [0.15, 0.2) is 0 Å². The van der Waals surface area contributed by atoms with Gasteiger partial charge >= 0.3 is 0 Å². The molecular formula is C9H15NO. The zero-order chi connectivity index (χ0) is 7.84. The summed E-state index contributed by atoms with van der Waals surface area (Å²) in [7, 11) is 2.07. The van der Waals surface area contributed by atoms with Crippen LogP contribution >= 0.6 is 0 Å². The number of hydrogen-bond donors (Lipinski definition) is 0. The van der Waals surface area contributed by atoms with Gasteiger partial charge in [0.25, 0.3) is 0 Å². The zero-order valence-corrected chi connectivity index (χ0v) is 7.05. The fraction of sp³-hybridized carbons (Fsp3) is 0.889. The molecule has 0 aromatic carbocycles. The minimum atomic E-state index is 0.441. The standard InChI is InChI=1S/C9H15NO/c1-10(8-4-5-8)6-9(11)7-2-3-7/h7-8H,2-6H2,1H3.